The minimum absolute atomic E-state index is 0.133. The van der Waals surface area contributed by atoms with Crippen molar-refractivity contribution in [2.24, 2.45) is 0 Å². The second-order valence-electron chi connectivity index (χ2n) is 14.1. The Morgan fingerprint density at radius 2 is 1.38 bits per heavy atom. The van der Waals surface area contributed by atoms with Gasteiger partial charge in [0.15, 0.2) is 0 Å². The molecule has 1 unspecified atom stereocenters. The quantitative estimate of drug-likeness (QED) is 0.293. The highest BCUT2D eigenvalue weighted by Crippen LogP contribution is 2.45. The summed E-state index contributed by atoms with van der Waals surface area (Å²) in [6, 6.07) is 18.4. The fourth-order valence-electron chi connectivity index (χ4n) is 5.29. The van der Waals surface area contributed by atoms with E-state index in [4.69, 9.17) is 4.74 Å². The Balaban J connectivity index is 2.39. The second-order valence-corrected chi connectivity index (χ2v) is 14.1. The Kier molecular flexibility index (Phi) is 9.13. The van der Waals surface area contributed by atoms with Gasteiger partial charge >= 0.3 is 5.97 Å². The summed E-state index contributed by atoms with van der Waals surface area (Å²) in [6.07, 6.45) is 1.34. The summed E-state index contributed by atoms with van der Waals surface area (Å²) in [6.45, 7) is 19.1. The molecule has 40 heavy (non-hydrogen) atoms. The van der Waals surface area contributed by atoms with Crippen molar-refractivity contribution >= 4 is 5.97 Å². The highest BCUT2D eigenvalue weighted by molar-refractivity contribution is 5.69. The summed E-state index contributed by atoms with van der Waals surface area (Å²) >= 11 is 0. The van der Waals surface area contributed by atoms with Gasteiger partial charge in [-0.25, -0.2) is 0 Å². The number of phenolic OH excluding ortho intramolecular Hbond substituents is 2. The van der Waals surface area contributed by atoms with E-state index in [0.717, 1.165) is 38.9 Å². The Labute approximate surface area is 241 Å². The van der Waals surface area contributed by atoms with Gasteiger partial charge in [-0.15, -0.1) is 0 Å². The Morgan fingerprint density at radius 1 is 0.775 bits per heavy atom. The zero-order valence-electron chi connectivity index (χ0n) is 26.1. The Bertz CT molecular complexity index is 1330. The molecule has 0 aliphatic rings. The maximum atomic E-state index is 12.2. The molecule has 0 spiro atoms. The number of aryl methyl sites for hydroxylation is 1. The predicted molar refractivity (Wildman–Crippen MR) is 165 cm³/mol. The van der Waals surface area contributed by atoms with E-state index in [9.17, 15) is 15.0 Å². The molecule has 0 aliphatic heterocycles. The van der Waals surface area contributed by atoms with Gasteiger partial charge in [0, 0.05) is 17.9 Å². The average molecular weight is 545 g/mol. The van der Waals surface area contributed by atoms with Crippen LogP contribution in [-0.4, -0.2) is 23.3 Å². The molecule has 0 aliphatic carbocycles. The molecule has 0 amide bonds. The zero-order valence-corrected chi connectivity index (χ0v) is 26.1. The van der Waals surface area contributed by atoms with Crippen LogP contribution in [0.25, 0.3) is 0 Å². The number of methoxy groups -OCH3 is 1. The van der Waals surface area contributed by atoms with E-state index in [1.165, 1.54) is 7.11 Å². The van der Waals surface area contributed by atoms with E-state index in [1.807, 2.05) is 30.3 Å². The van der Waals surface area contributed by atoms with Crippen molar-refractivity contribution in [3.8, 4) is 11.5 Å². The van der Waals surface area contributed by atoms with E-state index in [-0.39, 0.29) is 40.3 Å². The standard InChI is InChI=1S/C36H48O4/c1-34(2,3)25-20-28(33(39)30(21-25)36(7,8)9)27(18-23-14-12-11-13-15-23)26-22-31(37)29(35(4,5)6)19-24(26)16-17-32(38)40-10/h11-15,19-22,27,37,39H,16-18H2,1-10H3. The minimum atomic E-state index is -0.286. The number of carbonyl (C=O) groups is 1. The summed E-state index contributed by atoms with van der Waals surface area (Å²) in [5, 5.41) is 23.2. The number of benzene rings is 3. The fraction of sp³-hybridized carbons (Fsp3) is 0.472. The number of hydrogen-bond donors (Lipinski definition) is 2. The summed E-state index contributed by atoms with van der Waals surface area (Å²) < 4.78 is 4.97. The van der Waals surface area contributed by atoms with Gasteiger partial charge < -0.3 is 14.9 Å². The first-order valence-corrected chi connectivity index (χ1v) is 14.3. The van der Waals surface area contributed by atoms with Crippen LogP contribution in [0.1, 0.15) is 114 Å². The van der Waals surface area contributed by atoms with E-state index in [0.29, 0.717) is 18.6 Å². The molecular weight excluding hydrogens is 496 g/mol. The molecule has 216 valence electrons. The molecule has 4 nitrogen and oxygen atoms in total. The molecule has 0 radical (unpaired) electrons. The molecule has 3 aromatic carbocycles. The van der Waals surface area contributed by atoms with Gasteiger partial charge in [0.1, 0.15) is 11.5 Å². The lowest BCUT2D eigenvalue weighted by Crippen LogP contribution is -2.20. The SMILES string of the molecule is COC(=O)CCc1cc(C(C)(C)C)c(O)cc1C(Cc1ccccc1)c1cc(C(C)(C)C)cc(C(C)(C)C)c1O. The molecule has 4 heteroatoms. The number of hydrogen-bond acceptors (Lipinski definition) is 4. The van der Waals surface area contributed by atoms with Gasteiger partial charge in [-0.2, -0.15) is 0 Å². The molecule has 0 saturated carbocycles. The molecule has 3 rings (SSSR count). The van der Waals surface area contributed by atoms with Crippen molar-refractivity contribution in [1.29, 1.82) is 0 Å². The largest absolute Gasteiger partial charge is 0.508 e. The minimum Gasteiger partial charge on any atom is -0.508 e. The molecule has 0 heterocycles. The van der Waals surface area contributed by atoms with Gasteiger partial charge in [0.05, 0.1) is 7.11 Å². The average Bonchev–Trinajstić information content (AvgIpc) is 2.85. The molecule has 0 bridgehead atoms. The van der Waals surface area contributed by atoms with Gasteiger partial charge in [0.25, 0.3) is 0 Å². The topological polar surface area (TPSA) is 66.8 Å². The van der Waals surface area contributed by atoms with Crippen LogP contribution in [0.4, 0.5) is 0 Å². The first-order chi connectivity index (χ1) is 18.4. The van der Waals surface area contributed by atoms with Crippen LogP contribution in [0.5, 0.6) is 11.5 Å². The maximum Gasteiger partial charge on any atom is 0.305 e. The number of esters is 1. The van der Waals surface area contributed by atoms with Crippen molar-refractivity contribution in [3.63, 3.8) is 0 Å². The Morgan fingerprint density at radius 3 is 1.90 bits per heavy atom. The van der Waals surface area contributed by atoms with Crippen molar-refractivity contribution in [2.45, 2.75) is 104 Å². The van der Waals surface area contributed by atoms with Crippen LogP contribution in [0.2, 0.25) is 0 Å². The zero-order chi connectivity index (χ0) is 30.0. The molecule has 3 aromatic rings. The molecular formula is C36H48O4. The van der Waals surface area contributed by atoms with E-state index >= 15 is 0 Å². The highest BCUT2D eigenvalue weighted by atomic mass is 16.5. The molecule has 0 saturated heterocycles. The van der Waals surface area contributed by atoms with Crippen LogP contribution in [0.3, 0.4) is 0 Å². The molecule has 2 N–H and O–H groups in total. The summed E-state index contributed by atoms with van der Waals surface area (Å²) in [7, 11) is 1.41. The van der Waals surface area contributed by atoms with Crippen LogP contribution in [-0.2, 0) is 38.6 Å². The fourth-order valence-corrected chi connectivity index (χ4v) is 5.29. The third kappa shape index (κ3) is 7.27. The summed E-state index contributed by atoms with van der Waals surface area (Å²) in [5.41, 5.74) is 6.05. The van der Waals surface area contributed by atoms with Crippen LogP contribution < -0.4 is 0 Å². The summed E-state index contributed by atoms with van der Waals surface area (Å²) in [4.78, 5) is 12.2. The maximum absolute atomic E-state index is 12.2. The van der Waals surface area contributed by atoms with E-state index in [2.05, 4.69) is 86.6 Å². The number of aromatic hydroxyl groups is 2. The number of carbonyl (C=O) groups excluding carboxylic acids is 1. The third-order valence-corrected chi connectivity index (χ3v) is 7.74. The van der Waals surface area contributed by atoms with Crippen molar-refractivity contribution in [2.75, 3.05) is 7.11 Å². The molecule has 0 fully saturated rings. The van der Waals surface area contributed by atoms with E-state index < -0.39 is 0 Å². The van der Waals surface area contributed by atoms with Crippen molar-refractivity contribution in [3.05, 3.63) is 93.5 Å². The number of rotatable bonds is 7. The van der Waals surface area contributed by atoms with Crippen molar-refractivity contribution < 1.29 is 19.7 Å². The second kappa shape index (κ2) is 11.7. The Hall–Kier alpha value is -3.27. The van der Waals surface area contributed by atoms with Crippen LogP contribution >= 0.6 is 0 Å². The first kappa shape index (κ1) is 31.3. The van der Waals surface area contributed by atoms with Gasteiger partial charge in [-0.3, -0.25) is 4.79 Å². The number of ether oxygens (including phenoxy) is 1. The van der Waals surface area contributed by atoms with Gasteiger partial charge in [-0.1, -0.05) is 111 Å². The summed E-state index contributed by atoms with van der Waals surface area (Å²) in [5.74, 6) is -0.00784. The van der Waals surface area contributed by atoms with Gasteiger partial charge in [-0.05, 0) is 68.5 Å². The van der Waals surface area contributed by atoms with Crippen LogP contribution in [0, 0.1) is 0 Å². The van der Waals surface area contributed by atoms with Crippen molar-refractivity contribution in [1.82, 2.24) is 0 Å². The molecule has 1 atom stereocenters. The van der Waals surface area contributed by atoms with Crippen LogP contribution in [0.15, 0.2) is 54.6 Å². The normalized spacial score (nSPS) is 13.2. The smallest absolute Gasteiger partial charge is 0.305 e. The predicted octanol–water partition coefficient (Wildman–Crippen LogP) is 8.47. The monoisotopic (exact) mass is 544 g/mol. The lowest BCUT2D eigenvalue weighted by atomic mass is 9.74. The lowest BCUT2D eigenvalue weighted by molar-refractivity contribution is -0.140. The highest BCUT2D eigenvalue weighted by Gasteiger charge is 2.31. The third-order valence-electron chi connectivity index (χ3n) is 7.74. The van der Waals surface area contributed by atoms with E-state index in [1.54, 1.807) is 0 Å². The van der Waals surface area contributed by atoms with Gasteiger partial charge in [0.2, 0.25) is 0 Å². The number of phenols is 2. The molecule has 0 aromatic heterocycles. The first-order valence-electron chi connectivity index (χ1n) is 14.3. The lowest BCUT2D eigenvalue weighted by Gasteiger charge is -2.31.